The molecule has 3 heterocycles. The van der Waals surface area contributed by atoms with Crippen LogP contribution in [0, 0.1) is 10.7 Å². The fourth-order valence-electron chi connectivity index (χ4n) is 2.10. The summed E-state index contributed by atoms with van der Waals surface area (Å²) in [5.74, 6) is 0. The van der Waals surface area contributed by atoms with Crippen LogP contribution in [0.2, 0.25) is 0 Å². The van der Waals surface area contributed by atoms with Crippen LogP contribution in [0.15, 0.2) is 29.1 Å². The molecular formula is C15H14N2OS. The summed E-state index contributed by atoms with van der Waals surface area (Å²) in [5, 5.41) is 3.10. The number of hydrogen-bond acceptors (Lipinski definition) is 2. The van der Waals surface area contributed by atoms with E-state index in [4.69, 9.17) is 0 Å². The maximum Gasteiger partial charge on any atom is 0.257 e. The van der Waals surface area contributed by atoms with E-state index in [2.05, 4.69) is 35.6 Å². The first kappa shape index (κ1) is 12.0. The van der Waals surface area contributed by atoms with Gasteiger partial charge >= 0.3 is 0 Å². The summed E-state index contributed by atoms with van der Waals surface area (Å²) in [4.78, 5) is 20.4. The first-order chi connectivity index (χ1) is 9.17. The second kappa shape index (κ2) is 4.55. The molecule has 0 aromatic carbocycles. The van der Waals surface area contributed by atoms with Crippen LogP contribution in [0.5, 0.6) is 0 Å². The Morgan fingerprint density at radius 1 is 1.26 bits per heavy atom. The summed E-state index contributed by atoms with van der Waals surface area (Å²) in [7, 11) is 0. The lowest BCUT2D eigenvalue weighted by Crippen LogP contribution is -2.23. The molecular weight excluding hydrogens is 256 g/mol. The highest BCUT2D eigenvalue weighted by Crippen LogP contribution is 2.17. The molecule has 0 aliphatic carbocycles. The predicted molar refractivity (Wildman–Crippen MR) is 78.7 cm³/mol. The maximum absolute atomic E-state index is 12.0. The molecule has 1 aromatic rings. The fraction of sp³-hybridized carbons (Fsp3) is 0.133. The Hall–Kier alpha value is -2.07. The smallest absolute Gasteiger partial charge is 0.257 e. The van der Waals surface area contributed by atoms with E-state index >= 15 is 0 Å². The van der Waals surface area contributed by atoms with E-state index in [1.54, 1.807) is 11.3 Å². The molecule has 0 radical (unpaired) electrons. The van der Waals surface area contributed by atoms with Crippen LogP contribution < -0.4 is 16.1 Å². The molecule has 3 rings (SSSR count). The minimum absolute atomic E-state index is 0.0664. The highest BCUT2D eigenvalue weighted by atomic mass is 32.1. The van der Waals surface area contributed by atoms with Gasteiger partial charge in [0.15, 0.2) is 0 Å². The minimum Gasteiger partial charge on any atom is -0.354 e. The molecule has 3 nitrogen and oxygen atoms in total. The first-order valence-electron chi connectivity index (χ1n) is 6.18. The number of aryl methyl sites for hydroxylation is 1. The first-order valence-corrected chi connectivity index (χ1v) is 6.99. The third-order valence-electron chi connectivity index (χ3n) is 3.09. The molecule has 2 N–H and O–H groups in total. The molecule has 19 heavy (non-hydrogen) atoms. The van der Waals surface area contributed by atoms with Crippen LogP contribution in [0.25, 0.3) is 12.7 Å². The lowest BCUT2D eigenvalue weighted by molar-refractivity contribution is 1.15. The second-order valence-electron chi connectivity index (χ2n) is 4.44. The number of aromatic amines is 2. The molecule has 0 atom stereocenters. The van der Waals surface area contributed by atoms with Gasteiger partial charge in [-0.25, -0.2) is 0 Å². The van der Waals surface area contributed by atoms with Gasteiger partial charge in [-0.05, 0) is 36.8 Å². The Morgan fingerprint density at radius 2 is 2.11 bits per heavy atom. The van der Waals surface area contributed by atoms with E-state index in [-0.39, 0.29) is 5.56 Å². The summed E-state index contributed by atoms with van der Waals surface area (Å²) in [6, 6.07) is 7.88. The summed E-state index contributed by atoms with van der Waals surface area (Å²) in [6.45, 7) is 5.99. The molecule has 0 unspecified atom stereocenters. The Bertz CT molecular complexity index is 945. The van der Waals surface area contributed by atoms with Gasteiger partial charge in [-0.3, -0.25) is 4.79 Å². The van der Waals surface area contributed by atoms with Crippen molar-refractivity contribution >= 4 is 24.0 Å². The van der Waals surface area contributed by atoms with Gasteiger partial charge in [-0.1, -0.05) is 13.5 Å². The van der Waals surface area contributed by atoms with Gasteiger partial charge in [0.05, 0.1) is 15.9 Å². The SMILES string of the molecule is C=c1ccc2[nH]c(=O)c(=Cc3ccc(CC)s3)c=2[nH]1. The van der Waals surface area contributed by atoms with Crippen molar-refractivity contribution in [3.63, 3.8) is 0 Å². The van der Waals surface area contributed by atoms with Crippen molar-refractivity contribution in [2.45, 2.75) is 13.3 Å². The quantitative estimate of drug-likeness (QED) is 0.724. The summed E-state index contributed by atoms with van der Waals surface area (Å²) in [6.07, 6.45) is 2.95. The van der Waals surface area contributed by atoms with Gasteiger partial charge in [-0.2, -0.15) is 0 Å². The largest absolute Gasteiger partial charge is 0.354 e. The summed E-state index contributed by atoms with van der Waals surface area (Å²) < 4.78 is 0. The van der Waals surface area contributed by atoms with Crippen molar-refractivity contribution in [2.75, 3.05) is 0 Å². The van der Waals surface area contributed by atoms with Crippen molar-refractivity contribution < 1.29 is 0 Å². The molecule has 0 spiro atoms. The molecule has 0 bridgehead atoms. The van der Waals surface area contributed by atoms with Crippen LogP contribution in [0.1, 0.15) is 16.7 Å². The zero-order valence-corrected chi connectivity index (χ0v) is 11.4. The van der Waals surface area contributed by atoms with E-state index in [0.717, 1.165) is 27.3 Å². The van der Waals surface area contributed by atoms with Crippen molar-refractivity contribution in [3.8, 4) is 0 Å². The molecule has 0 saturated carbocycles. The molecule has 0 saturated heterocycles. The molecule has 96 valence electrons. The fourth-order valence-corrected chi connectivity index (χ4v) is 2.99. The third kappa shape index (κ3) is 2.15. The van der Waals surface area contributed by atoms with Gasteiger partial charge < -0.3 is 9.97 Å². The van der Waals surface area contributed by atoms with Gasteiger partial charge in [0.2, 0.25) is 0 Å². The van der Waals surface area contributed by atoms with E-state index in [1.165, 1.54) is 4.88 Å². The maximum atomic E-state index is 12.0. The van der Waals surface area contributed by atoms with E-state index in [1.807, 2.05) is 18.2 Å². The van der Waals surface area contributed by atoms with Crippen LogP contribution in [-0.2, 0) is 6.42 Å². The Labute approximate surface area is 113 Å². The second-order valence-corrected chi connectivity index (χ2v) is 5.64. The van der Waals surface area contributed by atoms with Crippen LogP contribution in [-0.4, -0.2) is 9.97 Å². The number of H-pyrrole nitrogens is 2. The predicted octanol–water partition coefficient (Wildman–Crippen LogP) is 1.29. The molecule has 2 aliphatic heterocycles. The van der Waals surface area contributed by atoms with Crippen LogP contribution in [0.3, 0.4) is 0 Å². The zero-order chi connectivity index (χ0) is 13.4. The Morgan fingerprint density at radius 3 is 2.84 bits per heavy atom. The molecule has 2 aliphatic rings. The summed E-state index contributed by atoms with van der Waals surface area (Å²) >= 11 is 1.71. The summed E-state index contributed by atoms with van der Waals surface area (Å²) in [5.41, 5.74) is -0.0664. The Balaban J connectivity index is 2.32. The number of rotatable bonds is 2. The number of thiophene rings is 1. The van der Waals surface area contributed by atoms with E-state index in [0.29, 0.717) is 5.22 Å². The van der Waals surface area contributed by atoms with Gasteiger partial charge in [0.25, 0.3) is 5.56 Å². The minimum atomic E-state index is -0.0664. The van der Waals surface area contributed by atoms with Crippen LogP contribution in [0.4, 0.5) is 0 Å². The lowest BCUT2D eigenvalue weighted by Gasteiger charge is -1.87. The number of nitrogens with one attached hydrogen (secondary N) is 2. The van der Waals surface area contributed by atoms with Gasteiger partial charge in [0.1, 0.15) is 0 Å². The zero-order valence-electron chi connectivity index (χ0n) is 10.6. The highest BCUT2D eigenvalue weighted by Gasteiger charge is 2.01. The molecule has 0 fully saturated rings. The Kier molecular flexibility index (Phi) is 2.87. The van der Waals surface area contributed by atoms with Crippen LogP contribution >= 0.6 is 11.3 Å². The standard InChI is InChI=1S/C15H14N2OS/c1-3-10-5-6-11(19-10)8-12-14-13(17-15(12)18)7-4-9(2)16-14/h4-8,16H,2-3H2,1H3,(H,17,18). The monoisotopic (exact) mass is 270 g/mol. The lowest BCUT2D eigenvalue weighted by atomic mass is 10.3. The van der Waals surface area contributed by atoms with Crippen molar-refractivity contribution in [3.05, 3.63) is 65.6 Å². The molecule has 1 aromatic heterocycles. The number of aromatic nitrogens is 2. The molecule has 0 amide bonds. The van der Waals surface area contributed by atoms with E-state index in [9.17, 15) is 4.79 Å². The topological polar surface area (TPSA) is 48.6 Å². The average Bonchev–Trinajstić information content (AvgIpc) is 2.96. The van der Waals surface area contributed by atoms with Gasteiger partial charge in [-0.15, -0.1) is 11.3 Å². The van der Waals surface area contributed by atoms with E-state index < -0.39 is 0 Å². The van der Waals surface area contributed by atoms with Crippen molar-refractivity contribution in [1.29, 1.82) is 0 Å². The average molecular weight is 270 g/mol. The molecule has 4 heteroatoms. The van der Waals surface area contributed by atoms with Crippen molar-refractivity contribution in [1.82, 2.24) is 9.97 Å². The highest BCUT2D eigenvalue weighted by molar-refractivity contribution is 7.12. The van der Waals surface area contributed by atoms with Crippen molar-refractivity contribution in [2.24, 2.45) is 0 Å². The number of hydrogen-bond donors (Lipinski definition) is 2. The normalized spacial score (nSPS) is 12.4. The third-order valence-corrected chi connectivity index (χ3v) is 4.26. The van der Waals surface area contributed by atoms with Gasteiger partial charge in [0, 0.05) is 15.1 Å².